The zero-order chi connectivity index (χ0) is 13.3. The first-order chi connectivity index (χ1) is 8.70. The average molecular weight is 249 g/mol. The molecule has 1 rings (SSSR count). The van der Waals surface area contributed by atoms with Crippen molar-refractivity contribution in [3.8, 4) is 5.75 Å². The van der Waals surface area contributed by atoms with Gasteiger partial charge in [-0.1, -0.05) is 39.0 Å². The zero-order valence-corrected chi connectivity index (χ0v) is 12.0. The summed E-state index contributed by atoms with van der Waals surface area (Å²) < 4.78 is 5.78. The standard InChI is InChI=1S/C16H27NO/c1-4-12-17-14-16(3,5-2)11-13-18-15-9-7-6-8-10-15/h6-10,17H,4-5,11-14H2,1-3H3. The molecule has 0 spiro atoms. The number of hydrogen-bond acceptors (Lipinski definition) is 2. The highest BCUT2D eigenvalue weighted by Gasteiger charge is 2.21. The van der Waals surface area contributed by atoms with Crippen LogP contribution in [-0.2, 0) is 0 Å². The summed E-state index contributed by atoms with van der Waals surface area (Å²) in [6.07, 6.45) is 3.47. The maximum atomic E-state index is 5.78. The Morgan fingerprint density at radius 2 is 1.89 bits per heavy atom. The first-order valence-electron chi connectivity index (χ1n) is 7.09. The summed E-state index contributed by atoms with van der Waals surface area (Å²) in [6.45, 7) is 9.78. The molecule has 1 aromatic rings. The van der Waals surface area contributed by atoms with Crippen molar-refractivity contribution in [2.75, 3.05) is 19.7 Å². The number of hydrogen-bond donors (Lipinski definition) is 1. The van der Waals surface area contributed by atoms with Crippen molar-refractivity contribution in [3.63, 3.8) is 0 Å². The van der Waals surface area contributed by atoms with Crippen LogP contribution in [0.15, 0.2) is 30.3 Å². The lowest BCUT2D eigenvalue weighted by Crippen LogP contribution is -2.33. The van der Waals surface area contributed by atoms with E-state index in [2.05, 4.69) is 26.1 Å². The normalized spacial score (nSPS) is 14.2. The van der Waals surface area contributed by atoms with E-state index in [1.54, 1.807) is 0 Å². The lowest BCUT2D eigenvalue weighted by Gasteiger charge is -2.28. The fourth-order valence-electron chi connectivity index (χ4n) is 1.89. The zero-order valence-electron chi connectivity index (χ0n) is 12.0. The quantitative estimate of drug-likeness (QED) is 0.671. The van der Waals surface area contributed by atoms with Gasteiger partial charge < -0.3 is 10.1 Å². The molecule has 0 aliphatic heterocycles. The molecule has 0 radical (unpaired) electrons. The Balaban J connectivity index is 2.30. The minimum atomic E-state index is 0.337. The van der Waals surface area contributed by atoms with Gasteiger partial charge in [-0.05, 0) is 43.4 Å². The number of ether oxygens (including phenoxy) is 1. The Morgan fingerprint density at radius 1 is 1.17 bits per heavy atom. The summed E-state index contributed by atoms with van der Waals surface area (Å²) in [5.74, 6) is 0.970. The highest BCUT2D eigenvalue weighted by Crippen LogP contribution is 2.25. The Bertz CT molecular complexity index is 312. The van der Waals surface area contributed by atoms with Crippen LogP contribution >= 0.6 is 0 Å². The summed E-state index contributed by atoms with van der Waals surface area (Å²) in [5, 5.41) is 3.52. The maximum Gasteiger partial charge on any atom is 0.119 e. The largest absolute Gasteiger partial charge is 0.494 e. The van der Waals surface area contributed by atoms with E-state index >= 15 is 0 Å². The van der Waals surface area contributed by atoms with Crippen LogP contribution in [0.1, 0.15) is 40.0 Å². The molecule has 0 aliphatic carbocycles. The van der Waals surface area contributed by atoms with Gasteiger partial charge in [0, 0.05) is 6.54 Å². The van der Waals surface area contributed by atoms with Crippen LogP contribution in [0.4, 0.5) is 0 Å². The lowest BCUT2D eigenvalue weighted by atomic mass is 9.84. The second kappa shape index (κ2) is 8.15. The van der Waals surface area contributed by atoms with Crippen molar-refractivity contribution < 1.29 is 4.74 Å². The highest BCUT2D eigenvalue weighted by molar-refractivity contribution is 5.20. The van der Waals surface area contributed by atoms with Gasteiger partial charge in [0.2, 0.25) is 0 Å². The fraction of sp³-hybridized carbons (Fsp3) is 0.625. The van der Waals surface area contributed by atoms with Crippen LogP contribution < -0.4 is 10.1 Å². The van der Waals surface area contributed by atoms with E-state index in [1.807, 2.05) is 30.3 Å². The van der Waals surface area contributed by atoms with Gasteiger partial charge in [0.1, 0.15) is 5.75 Å². The van der Waals surface area contributed by atoms with Gasteiger partial charge in [-0.25, -0.2) is 0 Å². The van der Waals surface area contributed by atoms with Crippen molar-refractivity contribution in [2.24, 2.45) is 5.41 Å². The smallest absolute Gasteiger partial charge is 0.119 e. The molecule has 2 heteroatoms. The molecule has 0 heterocycles. The summed E-state index contributed by atoms with van der Waals surface area (Å²) in [5.41, 5.74) is 0.337. The van der Waals surface area contributed by atoms with Crippen molar-refractivity contribution in [1.82, 2.24) is 5.32 Å². The second-order valence-electron chi connectivity index (χ2n) is 5.25. The minimum Gasteiger partial charge on any atom is -0.494 e. The van der Waals surface area contributed by atoms with E-state index in [0.717, 1.165) is 31.9 Å². The van der Waals surface area contributed by atoms with Crippen LogP contribution in [0.3, 0.4) is 0 Å². The molecule has 102 valence electrons. The number of nitrogens with one attached hydrogen (secondary N) is 1. The maximum absolute atomic E-state index is 5.78. The fourth-order valence-corrected chi connectivity index (χ4v) is 1.89. The third kappa shape index (κ3) is 5.54. The molecule has 2 nitrogen and oxygen atoms in total. The van der Waals surface area contributed by atoms with Crippen molar-refractivity contribution in [2.45, 2.75) is 40.0 Å². The van der Waals surface area contributed by atoms with Gasteiger partial charge >= 0.3 is 0 Å². The molecular weight excluding hydrogens is 222 g/mol. The third-order valence-corrected chi connectivity index (χ3v) is 3.55. The van der Waals surface area contributed by atoms with Crippen molar-refractivity contribution >= 4 is 0 Å². The van der Waals surface area contributed by atoms with Gasteiger partial charge in [-0.2, -0.15) is 0 Å². The number of benzene rings is 1. The summed E-state index contributed by atoms with van der Waals surface area (Å²) in [7, 11) is 0. The molecule has 0 saturated heterocycles. The van der Waals surface area contributed by atoms with E-state index in [-0.39, 0.29) is 0 Å². The third-order valence-electron chi connectivity index (χ3n) is 3.55. The Labute approximate surface area is 112 Å². The minimum absolute atomic E-state index is 0.337. The monoisotopic (exact) mass is 249 g/mol. The van der Waals surface area contributed by atoms with Crippen molar-refractivity contribution in [1.29, 1.82) is 0 Å². The number of rotatable bonds is 9. The van der Waals surface area contributed by atoms with Gasteiger partial charge in [0.25, 0.3) is 0 Å². The molecule has 18 heavy (non-hydrogen) atoms. The Morgan fingerprint density at radius 3 is 2.50 bits per heavy atom. The molecule has 0 saturated carbocycles. The first kappa shape index (κ1) is 15.0. The van der Waals surface area contributed by atoms with Crippen LogP contribution in [0.5, 0.6) is 5.75 Å². The van der Waals surface area contributed by atoms with E-state index in [9.17, 15) is 0 Å². The van der Waals surface area contributed by atoms with Crippen molar-refractivity contribution in [3.05, 3.63) is 30.3 Å². The Kier molecular flexibility index (Phi) is 6.81. The summed E-state index contributed by atoms with van der Waals surface area (Å²) >= 11 is 0. The van der Waals surface area contributed by atoms with E-state index in [1.165, 1.54) is 12.8 Å². The van der Waals surface area contributed by atoms with Gasteiger partial charge in [-0.3, -0.25) is 0 Å². The molecular formula is C16H27NO. The predicted molar refractivity (Wildman–Crippen MR) is 78.1 cm³/mol. The molecule has 1 atom stereocenters. The topological polar surface area (TPSA) is 21.3 Å². The summed E-state index contributed by atoms with van der Waals surface area (Å²) in [4.78, 5) is 0. The van der Waals surface area contributed by atoms with Crippen LogP contribution in [0, 0.1) is 5.41 Å². The molecule has 0 fully saturated rings. The molecule has 0 aromatic heterocycles. The van der Waals surface area contributed by atoms with E-state index < -0.39 is 0 Å². The molecule has 1 unspecified atom stereocenters. The molecule has 1 N–H and O–H groups in total. The number of para-hydroxylation sites is 1. The molecule has 0 aliphatic rings. The van der Waals surface area contributed by atoms with Gasteiger partial charge in [0.05, 0.1) is 6.61 Å². The summed E-state index contributed by atoms with van der Waals surface area (Å²) in [6, 6.07) is 10.1. The van der Waals surface area contributed by atoms with E-state index in [4.69, 9.17) is 4.74 Å². The first-order valence-corrected chi connectivity index (χ1v) is 7.09. The van der Waals surface area contributed by atoms with Crippen LogP contribution in [-0.4, -0.2) is 19.7 Å². The molecule has 0 amide bonds. The predicted octanol–water partition coefficient (Wildman–Crippen LogP) is 3.87. The second-order valence-corrected chi connectivity index (χ2v) is 5.25. The Hall–Kier alpha value is -1.02. The highest BCUT2D eigenvalue weighted by atomic mass is 16.5. The molecule has 0 bridgehead atoms. The van der Waals surface area contributed by atoms with Gasteiger partial charge in [-0.15, -0.1) is 0 Å². The van der Waals surface area contributed by atoms with Crippen LogP contribution in [0.25, 0.3) is 0 Å². The molecule has 1 aromatic carbocycles. The van der Waals surface area contributed by atoms with E-state index in [0.29, 0.717) is 5.41 Å². The SMILES string of the molecule is CCCNCC(C)(CC)CCOc1ccccc1. The lowest BCUT2D eigenvalue weighted by molar-refractivity contribution is 0.200. The van der Waals surface area contributed by atoms with Gasteiger partial charge in [0.15, 0.2) is 0 Å². The van der Waals surface area contributed by atoms with Crippen LogP contribution in [0.2, 0.25) is 0 Å². The average Bonchev–Trinajstić information content (AvgIpc) is 2.40.